The standard InChI is InChI=1S/C22H38N4O4S2/c1-7-23-15-17(31)25(19(23)27)21(3,4)9-11-29-13-14-30-12-10-22(5,6)26-18(32)16-24(8-2)20(26)28/h7-16H2,1-6H3. The van der Waals surface area contributed by atoms with Crippen LogP contribution in [0.2, 0.25) is 0 Å². The molecular weight excluding hydrogens is 448 g/mol. The number of hydrogen-bond donors (Lipinski definition) is 0. The number of amides is 4. The summed E-state index contributed by atoms with van der Waals surface area (Å²) in [4.78, 5) is 33.3. The highest BCUT2D eigenvalue weighted by molar-refractivity contribution is 7.80. The molecule has 2 saturated heterocycles. The topological polar surface area (TPSA) is 65.6 Å². The van der Waals surface area contributed by atoms with Crippen molar-refractivity contribution in [2.24, 2.45) is 0 Å². The number of urea groups is 2. The van der Waals surface area contributed by atoms with Crippen LogP contribution in [0.3, 0.4) is 0 Å². The Kier molecular flexibility index (Phi) is 9.39. The summed E-state index contributed by atoms with van der Waals surface area (Å²) in [7, 11) is 0. The molecule has 0 N–H and O–H groups in total. The second kappa shape index (κ2) is 11.2. The number of nitrogens with zero attached hydrogens (tertiary/aromatic N) is 4. The third-order valence-electron chi connectivity index (χ3n) is 6.14. The molecule has 0 aromatic carbocycles. The monoisotopic (exact) mass is 486 g/mol. The Morgan fingerprint density at radius 2 is 1.06 bits per heavy atom. The number of hydrogen-bond acceptors (Lipinski definition) is 6. The van der Waals surface area contributed by atoms with Gasteiger partial charge in [0.15, 0.2) is 0 Å². The van der Waals surface area contributed by atoms with Gasteiger partial charge in [0.2, 0.25) is 0 Å². The van der Waals surface area contributed by atoms with E-state index in [1.54, 1.807) is 19.6 Å². The number of likely N-dealkylation sites (N-methyl/N-ethyl adjacent to an activating group) is 2. The highest BCUT2D eigenvalue weighted by atomic mass is 32.1. The lowest BCUT2D eigenvalue weighted by atomic mass is 9.99. The van der Waals surface area contributed by atoms with E-state index in [0.717, 1.165) is 0 Å². The number of carbonyl (C=O) groups excluding carboxylic acids is 2. The van der Waals surface area contributed by atoms with Crippen LogP contribution in [0, 0.1) is 0 Å². The molecule has 0 bridgehead atoms. The van der Waals surface area contributed by atoms with Crippen LogP contribution >= 0.6 is 24.4 Å². The summed E-state index contributed by atoms with van der Waals surface area (Å²) in [6, 6.07) is -0.0436. The Hall–Kier alpha value is -1.36. The molecule has 0 saturated carbocycles. The van der Waals surface area contributed by atoms with Crippen molar-refractivity contribution >= 4 is 46.5 Å². The van der Waals surface area contributed by atoms with Crippen LogP contribution in [0.5, 0.6) is 0 Å². The van der Waals surface area contributed by atoms with Crippen molar-refractivity contribution in [1.82, 2.24) is 19.6 Å². The Balaban J connectivity index is 1.65. The normalized spacial score (nSPS) is 18.1. The number of ether oxygens (including phenoxy) is 2. The number of carbonyl (C=O) groups is 2. The van der Waals surface area contributed by atoms with Gasteiger partial charge in [0.25, 0.3) is 0 Å². The number of rotatable bonds is 13. The molecule has 10 heteroatoms. The van der Waals surface area contributed by atoms with Gasteiger partial charge in [0.1, 0.15) is 9.98 Å². The molecule has 0 aliphatic carbocycles. The van der Waals surface area contributed by atoms with E-state index < -0.39 is 11.1 Å². The van der Waals surface area contributed by atoms with E-state index in [9.17, 15) is 9.59 Å². The fourth-order valence-corrected chi connectivity index (χ4v) is 4.94. The van der Waals surface area contributed by atoms with Crippen molar-refractivity contribution in [3.63, 3.8) is 0 Å². The van der Waals surface area contributed by atoms with E-state index in [2.05, 4.69) is 0 Å². The third-order valence-corrected chi connectivity index (χ3v) is 6.76. The lowest BCUT2D eigenvalue weighted by Crippen LogP contribution is -2.48. The van der Waals surface area contributed by atoms with Crippen molar-refractivity contribution in [2.45, 2.75) is 65.5 Å². The van der Waals surface area contributed by atoms with Gasteiger partial charge in [-0.25, -0.2) is 9.59 Å². The molecule has 8 nitrogen and oxygen atoms in total. The molecule has 2 rings (SSSR count). The fourth-order valence-electron chi connectivity index (χ4n) is 3.98. The van der Waals surface area contributed by atoms with Gasteiger partial charge < -0.3 is 19.3 Å². The van der Waals surface area contributed by atoms with Gasteiger partial charge in [0.05, 0.1) is 26.3 Å². The molecule has 4 amide bonds. The summed E-state index contributed by atoms with van der Waals surface area (Å²) < 4.78 is 11.5. The van der Waals surface area contributed by atoms with Crippen LogP contribution < -0.4 is 0 Å². The zero-order valence-electron chi connectivity index (χ0n) is 20.3. The first-order valence-corrected chi connectivity index (χ1v) is 12.2. The predicted octanol–water partition coefficient (Wildman–Crippen LogP) is 3.53. The van der Waals surface area contributed by atoms with Crippen LogP contribution in [-0.4, -0.2) is 105 Å². The molecule has 182 valence electrons. The van der Waals surface area contributed by atoms with E-state index in [0.29, 0.717) is 75.4 Å². The van der Waals surface area contributed by atoms with Gasteiger partial charge in [-0.15, -0.1) is 0 Å². The first-order chi connectivity index (χ1) is 15.0. The minimum Gasteiger partial charge on any atom is -0.379 e. The van der Waals surface area contributed by atoms with Gasteiger partial charge in [-0.1, -0.05) is 24.4 Å². The van der Waals surface area contributed by atoms with E-state index in [1.165, 1.54) is 0 Å². The molecule has 0 aromatic rings. The second-order valence-corrected chi connectivity index (χ2v) is 10.3. The van der Waals surface area contributed by atoms with E-state index in [1.807, 2.05) is 41.5 Å². The van der Waals surface area contributed by atoms with Crippen molar-refractivity contribution in [1.29, 1.82) is 0 Å². The average molecular weight is 487 g/mol. The van der Waals surface area contributed by atoms with E-state index in [-0.39, 0.29) is 12.1 Å². The minimum absolute atomic E-state index is 0.0218. The first-order valence-electron chi connectivity index (χ1n) is 11.4. The molecule has 2 heterocycles. The van der Waals surface area contributed by atoms with Gasteiger partial charge in [-0.3, -0.25) is 9.80 Å². The van der Waals surface area contributed by atoms with Gasteiger partial charge in [-0.2, -0.15) is 0 Å². The quantitative estimate of drug-likeness (QED) is 0.293. The molecule has 2 aliphatic heterocycles. The third kappa shape index (κ3) is 6.15. The Morgan fingerprint density at radius 1 is 0.719 bits per heavy atom. The highest BCUT2D eigenvalue weighted by Gasteiger charge is 2.42. The molecular formula is C22H38N4O4S2. The highest BCUT2D eigenvalue weighted by Crippen LogP contribution is 2.27. The molecule has 0 spiro atoms. The summed E-state index contributed by atoms with van der Waals surface area (Å²) in [6.45, 7) is 16.3. The Bertz CT molecular complexity index is 669. The van der Waals surface area contributed by atoms with Crippen molar-refractivity contribution in [3.05, 3.63) is 0 Å². The summed E-state index contributed by atoms with van der Waals surface area (Å²) in [6.07, 6.45) is 1.37. The molecule has 0 atom stereocenters. The molecule has 2 aliphatic rings. The van der Waals surface area contributed by atoms with Crippen molar-refractivity contribution in [3.8, 4) is 0 Å². The smallest absolute Gasteiger partial charge is 0.325 e. The van der Waals surface area contributed by atoms with E-state index in [4.69, 9.17) is 33.9 Å². The second-order valence-electron chi connectivity index (χ2n) is 9.40. The summed E-state index contributed by atoms with van der Waals surface area (Å²) in [5, 5.41) is 0. The maximum atomic E-state index is 12.5. The Labute approximate surface area is 203 Å². The molecule has 2 fully saturated rings. The number of thiocarbonyl (C=S) groups is 2. The first kappa shape index (κ1) is 26.9. The van der Waals surface area contributed by atoms with Crippen LogP contribution in [0.15, 0.2) is 0 Å². The van der Waals surface area contributed by atoms with Gasteiger partial charge >= 0.3 is 12.1 Å². The zero-order valence-corrected chi connectivity index (χ0v) is 21.9. The van der Waals surface area contributed by atoms with Crippen LogP contribution in [-0.2, 0) is 9.47 Å². The molecule has 32 heavy (non-hydrogen) atoms. The molecule has 0 aromatic heterocycles. The summed E-state index contributed by atoms with van der Waals surface area (Å²) in [5.74, 6) is 0. The Morgan fingerprint density at radius 3 is 1.34 bits per heavy atom. The lowest BCUT2D eigenvalue weighted by Gasteiger charge is -2.35. The maximum absolute atomic E-state index is 12.5. The van der Waals surface area contributed by atoms with Crippen LogP contribution in [0.25, 0.3) is 0 Å². The summed E-state index contributed by atoms with van der Waals surface area (Å²) in [5.41, 5.74) is -0.786. The van der Waals surface area contributed by atoms with Crippen LogP contribution in [0.1, 0.15) is 54.4 Å². The largest absolute Gasteiger partial charge is 0.379 e. The zero-order chi connectivity index (χ0) is 24.1. The van der Waals surface area contributed by atoms with E-state index >= 15 is 0 Å². The van der Waals surface area contributed by atoms with Crippen LogP contribution in [0.4, 0.5) is 9.59 Å². The molecule has 0 unspecified atom stereocenters. The lowest BCUT2D eigenvalue weighted by molar-refractivity contribution is 0.0277. The van der Waals surface area contributed by atoms with Crippen molar-refractivity contribution in [2.75, 3.05) is 52.6 Å². The summed E-state index contributed by atoms with van der Waals surface area (Å²) >= 11 is 10.8. The fraction of sp³-hybridized carbons (Fsp3) is 0.818. The predicted molar refractivity (Wildman–Crippen MR) is 133 cm³/mol. The SMILES string of the molecule is CCN1CC(=S)N(C(C)(C)CCOCCOCCC(C)(C)N2C(=O)N(CC)CC2=S)C1=O. The minimum atomic E-state index is -0.393. The van der Waals surface area contributed by atoms with Gasteiger partial charge in [0, 0.05) is 37.4 Å². The maximum Gasteiger partial charge on any atom is 0.325 e. The van der Waals surface area contributed by atoms with Gasteiger partial charge in [-0.05, 0) is 54.4 Å². The average Bonchev–Trinajstić information content (AvgIpc) is 3.18. The molecule has 0 radical (unpaired) electrons. The van der Waals surface area contributed by atoms with Crippen molar-refractivity contribution < 1.29 is 19.1 Å².